The first-order chi connectivity index (χ1) is 10.3. The minimum Gasteiger partial charge on any atom is -0.398 e. The van der Waals surface area contributed by atoms with Gasteiger partial charge in [-0.3, -0.25) is 0 Å². The Bertz CT molecular complexity index is 816. The summed E-state index contributed by atoms with van der Waals surface area (Å²) in [6.45, 7) is 8.52. The standard InChI is InChI=1S/C18H17N2S/c1-3-12-20-16(4-2)21-15-11-10-14(19)17(18(15)20)13-8-6-5-7-9-13/h3-11H,1-2,12,19H2/q+1. The van der Waals surface area contributed by atoms with E-state index < -0.39 is 0 Å². The lowest BCUT2D eigenvalue weighted by molar-refractivity contribution is -0.657. The zero-order valence-corrected chi connectivity index (χ0v) is 12.6. The summed E-state index contributed by atoms with van der Waals surface area (Å²) in [5.74, 6) is 0. The number of allylic oxidation sites excluding steroid dienone is 1. The molecule has 0 aliphatic carbocycles. The third-order valence-corrected chi connectivity index (χ3v) is 4.62. The lowest BCUT2D eigenvalue weighted by Crippen LogP contribution is -2.34. The van der Waals surface area contributed by atoms with Crippen LogP contribution in [0.4, 0.5) is 5.69 Å². The fourth-order valence-electron chi connectivity index (χ4n) is 2.59. The molecule has 2 aromatic carbocycles. The van der Waals surface area contributed by atoms with Gasteiger partial charge in [-0.15, -0.1) is 0 Å². The highest BCUT2D eigenvalue weighted by Gasteiger charge is 2.23. The van der Waals surface area contributed by atoms with Gasteiger partial charge in [0.25, 0.3) is 5.01 Å². The van der Waals surface area contributed by atoms with Gasteiger partial charge in [-0.25, -0.2) is 0 Å². The van der Waals surface area contributed by atoms with Crippen molar-refractivity contribution in [2.45, 2.75) is 6.54 Å². The van der Waals surface area contributed by atoms with Crippen LogP contribution in [-0.2, 0) is 6.54 Å². The molecule has 0 fully saturated rings. The first-order valence-corrected chi connectivity index (χ1v) is 7.61. The molecule has 0 aliphatic heterocycles. The van der Waals surface area contributed by atoms with Crippen LogP contribution in [-0.4, -0.2) is 0 Å². The van der Waals surface area contributed by atoms with E-state index in [1.54, 1.807) is 11.3 Å². The molecule has 0 amide bonds. The van der Waals surface area contributed by atoms with Crippen LogP contribution in [0.1, 0.15) is 5.01 Å². The van der Waals surface area contributed by atoms with Crippen molar-refractivity contribution in [3.8, 4) is 11.1 Å². The van der Waals surface area contributed by atoms with Crippen LogP contribution in [0.25, 0.3) is 27.4 Å². The lowest BCUT2D eigenvalue weighted by Gasteiger charge is -2.05. The fraction of sp³-hybridized carbons (Fsp3) is 0.0556. The summed E-state index contributed by atoms with van der Waals surface area (Å²) in [6.07, 6.45) is 3.79. The highest BCUT2D eigenvalue weighted by Crippen LogP contribution is 2.35. The fourth-order valence-corrected chi connectivity index (χ4v) is 3.62. The smallest absolute Gasteiger partial charge is 0.262 e. The molecule has 0 bridgehead atoms. The number of rotatable bonds is 4. The van der Waals surface area contributed by atoms with Crippen LogP contribution in [0.3, 0.4) is 0 Å². The maximum atomic E-state index is 6.27. The zero-order valence-electron chi connectivity index (χ0n) is 11.8. The molecule has 2 N–H and O–H groups in total. The van der Waals surface area contributed by atoms with E-state index in [1.807, 2.05) is 36.4 Å². The Balaban J connectivity index is 2.42. The number of nitrogen functional groups attached to an aromatic ring is 1. The minimum atomic E-state index is 0.741. The topological polar surface area (TPSA) is 29.9 Å². The molecule has 21 heavy (non-hydrogen) atoms. The molecule has 0 spiro atoms. The molecule has 0 saturated carbocycles. The second kappa shape index (κ2) is 5.54. The predicted octanol–water partition coefficient (Wildman–Crippen LogP) is 4.27. The Morgan fingerprint density at radius 3 is 2.52 bits per heavy atom. The van der Waals surface area contributed by atoms with Crippen LogP contribution in [0.15, 0.2) is 61.7 Å². The predicted molar refractivity (Wildman–Crippen MR) is 92.2 cm³/mol. The Kier molecular flexibility index (Phi) is 3.59. The SMILES string of the molecule is C=CC[n+]1c(C=C)sc2ccc(N)c(-c3ccccc3)c21. The number of nitrogens with zero attached hydrogens (tertiary/aromatic N) is 1. The van der Waals surface area contributed by atoms with Gasteiger partial charge < -0.3 is 5.73 Å². The highest BCUT2D eigenvalue weighted by molar-refractivity contribution is 7.19. The van der Waals surface area contributed by atoms with E-state index in [4.69, 9.17) is 5.73 Å². The molecule has 3 aromatic rings. The van der Waals surface area contributed by atoms with Crippen LogP contribution >= 0.6 is 11.3 Å². The van der Waals surface area contributed by atoms with Crippen molar-refractivity contribution in [3.63, 3.8) is 0 Å². The Morgan fingerprint density at radius 2 is 1.86 bits per heavy atom. The summed E-state index contributed by atoms with van der Waals surface area (Å²) in [4.78, 5) is 0. The number of thiazole rings is 1. The van der Waals surface area contributed by atoms with Crippen molar-refractivity contribution in [2.24, 2.45) is 0 Å². The molecule has 3 heteroatoms. The molecule has 1 aromatic heterocycles. The van der Waals surface area contributed by atoms with Gasteiger partial charge in [0.1, 0.15) is 4.70 Å². The lowest BCUT2D eigenvalue weighted by atomic mass is 10.0. The number of benzene rings is 2. The Labute approximate surface area is 128 Å². The number of nitrogens with two attached hydrogens (primary N) is 1. The maximum absolute atomic E-state index is 6.27. The van der Waals surface area contributed by atoms with Crippen LogP contribution < -0.4 is 10.3 Å². The number of aromatic nitrogens is 1. The molecule has 0 aliphatic rings. The van der Waals surface area contributed by atoms with Crippen molar-refractivity contribution in [3.05, 3.63) is 66.7 Å². The van der Waals surface area contributed by atoms with Gasteiger partial charge in [0.15, 0.2) is 6.54 Å². The summed E-state index contributed by atoms with van der Waals surface area (Å²) < 4.78 is 3.43. The monoisotopic (exact) mass is 293 g/mol. The second-order valence-electron chi connectivity index (χ2n) is 4.79. The van der Waals surface area contributed by atoms with Crippen molar-refractivity contribution in [1.29, 1.82) is 0 Å². The van der Waals surface area contributed by atoms with E-state index in [0.29, 0.717) is 0 Å². The first-order valence-electron chi connectivity index (χ1n) is 6.80. The third-order valence-electron chi connectivity index (χ3n) is 3.47. The van der Waals surface area contributed by atoms with Gasteiger partial charge in [0.05, 0.1) is 5.56 Å². The zero-order chi connectivity index (χ0) is 14.8. The van der Waals surface area contributed by atoms with Gasteiger partial charge >= 0.3 is 0 Å². The van der Waals surface area contributed by atoms with Crippen molar-refractivity contribution in [2.75, 3.05) is 5.73 Å². The summed E-state index contributed by atoms with van der Waals surface area (Å²) in [6, 6.07) is 14.3. The van der Waals surface area contributed by atoms with E-state index in [1.165, 1.54) is 4.70 Å². The average Bonchev–Trinajstić information content (AvgIpc) is 2.87. The molecule has 2 nitrogen and oxygen atoms in total. The molecule has 0 unspecified atom stereocenters. The Morgan fingerprint density at radius 1 is 1.10 bits per heavy atom. The average molecular weight is 293 g/mol. The second-order valence-corrected chi connectivity index (χ2v) is 5.85. The van der Waals surface area contributed by atoms with Crippen molar-refractivity contribution >= 4 is 33.3 Å². The number of hydrogen-bond acceptors (Lipinski definition) is 2. The Hall–Kier alpha value is -2.39. The van der Waals surface area contributed by atoms with E-state index >= 15 is 0 Å². The highest BCUT2D eigenvalue weighted by atomic mass is 32.1. The molecule has 104 valence electrons. The van der Waals surface area contributed by atoms with Crippen molar-refractivity contribution in [1.82, 2.24) is 0 Å². The summed E-state index contributed by atoms with van der Waals surface area (Å²) in [5, 5.41) is 1.12. The van der Waals surface area contributed by atoms with Gasteiger partial charge in [-0.2, -0.15) is 4.57 Å². The first kappa shape index (κ1) is 13.6. The minimum absolute atomic E-state index is 0.741. The molecular weight excluding hydrogens is 276 g/mol. The molecular formula is C18H17N2S+. The number of hydrogen-bond donors (Lipinski definition) is 1. The van der Waals surface area contributed by atoms with E-state index in [9.17, 15) is 0 Å². The van der Waals surface area contributed by atoms with Gasteiger partial charge in [-0.1, -0.05) is 54.8 Å². The summed E-state index contributed by atoms with van der Waals surface area (Å²) >= 11 is 1.72. The third kappa shape index (κ3) is 2.26. The summed E-state index contributed by atoms with van der Waals surface area (Å²) in [7, 11) is 0. The van der Waals surface area contributed by atoms with E-state index in [-0.39, 0.29) is 0 Å². The van der Waals surface area contributed by atoms with Crippen LogP contribution in [0.5, 0.6) is 0 Å². The summed E-state index contributed by atoms with van der Waals surface area (Å²) in [5.41, 5.74) is 10.4. The number of fused-ring (bicyclic) bond motifs is 1. The van der Waals surface area contributed by atoms with Gasteiger partial charge in [-0.05, 0) is 23.8 Å². The maximum Gasteiger partial charge on any atom is 0.262 e. The molecule has 0 saturated heterocycles. The molecule has 1 heterocycles. The van der Waals surface area contributed by atoms with E-state index in [0.717, 1.165) is 33.9 Å². The van der Waals surface area contributed by atoms with Crippen LogP contribution in [0, 0.1) is 0 Å². The van der Waals surface area contributed by atoms with Gasteiger partial charge in [0.2, 0.25) is 5.52 Å². The van der Waals surface area contributed by atoms with Gasteiger partial charge in [0, 0.05) is 11.8 Å². The molecule has 3 rings (SSSR count). The van der Waals surface area contributed by atoms with Crippen molar-refractivity contribution < 1.29 is 4.57 Å². The quantitative estimate of drug-likeness (QED) is 0.434. The number of anilines is 1. The van der Waals surface area contributed by atoms with Crippen LogP contribution in [0.2, 0.25) is 0 Å². The molecule has 0 atom stereocenters. The largest absolute Gasteiger partial charge is 0.398 e. The normalized spacial score (nSPS) is 10.7. The molecule has 0 radical (unpaired) electrons. The van der Waals surface area contributed by atoms with E-state index in [2.05, 4.69) is 35.9 Å².